The molecule has 3 rings (SSSR count). The summed E-state index contributed by atoms with van der Waals surface area (Å²) in [5, 5.41) is 3.85. The summed E-state index contributed by atoms with van der Waals surface area (Å²) < 4.78 is 9.98. The molecule has 2 aliphatic rings. The average Bonchev–Trinajstić information content (AvgIpc) is 3.20. The Morgan fingerprint density at radius 3 is 2.56 bits per heavy atom. The van der Waals surface area contributed by atoms with Crippen molar-refractivity contribution >= 4 is 23.7 Å². The van der Waals surface area contributed by atoms with Gasteiger partial charge < -0.3 is 19.1 Å². The van der Waals surface area contributed by atoms with E-state index >= 15 is 0 Å². The van der Waals surface area contributed by atoms with Crippen LogP contribution in [0, 0.1) is 12.8 Å². The van der Waals surface area contributed by atoms with Gasteiger partial charge in [-0.3, -0.25) is 14.5 Å². The van der Waals surface area contributed by atoms with Crippen LogP contribution < -0.4 is 4.90 Å². The van der Waals surface area contributed by atoms with Gasteiger partial charge in [-0.2, -0.15) is 0 Å². The fourth-order valence-electron chi connectivity index (χ4n) is 3.16. The van der Waals surface area contributed by atoms with Crippen LogP contribution in [0.15, 0.2) is 10.6 Å². The van der Waals surface area contributed by atoms with Crippen molar-refractivity contribution in [2.45, 2.75) is 20.3 Å². The largest absolute Gasteiger partial charge is 0.450 e. The SMILES string of the molecule is CCOC(=O)N1CCN(C(=O)C2CC(=O)N(c3cc(C)on3)C2)CC1. The highest BCUT2D eigenvalue weighted by Crippen LogP contribution is 2.26. The first kappa shape index (κ1) is 17.2. The van der Waals surface area contributed by atoms with Crippen molar-refractivity contribution in [1.29, 1.82) is 0 Å². The van der Waals surface area contributed by atoms with Crippen LogP contribution in [0.2, 0.25) is 0 Å². The van der Waals surface area contributed by atoms with E-state index in [4.69, 9.17) is 9.26 Å². The molecule has 25 heavy (non-hydrogen) atoms. The first-order valence-electron chi connectivity index (χ1n) is 8.43. The lowest BCUT2D eigenvalue weighted by molar-refractivity contribution is -0.137. The molecule has 9 heteroatoms. The molecular formula is C16H22N4O5. The van der Waals surface area contributed by atoms with Gasteiger partial charge in [0.1, 0.15) is 5.76 Å². The number of hydrogen-bond acceptors (Lipinski definition) is 6. The Morgan fingerprint density at radius 1 is 1.28 bits per heavy atom. The number of ether oxygens (including phenoxy) is 1. The first-order chi connectivity index (χ1) is 12.0. The van der Waals surface area contributed by atoms with Crippen LogP contribution in [0.1, 0.15) is 19.1 Å². The molecule has 3 amide bonds. The zero-order valence-corrected chi connectivity index (χ0v) is 14.4. The molecule has 1 aromatic rings. The highest BCUT2D eigenvalue weighted by molar-refractivity contribution is 5.99. The summed E-state index contributed by atoms with van der Waals surface area (Å²) >= 11 is 0. The second-order valence-corrected chi connectivity index (χ2v) is 6.21. The minimum Gasteiger partial charge on any atom is -0.450 e. The minimum atomic E-state index is -0.390. The van der Waals surface area contributed by atoms with E-state index in [-0.39, 0.29) is 24.3 Å². The van der Waals surface area contributed by atoms with Crippen molar-refractivity contribution in [3.05, 3.63) is 11.8 Å². The third-order valence-corrected chi connectivity index (χ3v) is 4.48. The maximum absolute atomic E-state index is 12.7. The lowest BCUT2D eigenvalue weighted by atomic mass is 10.1. The fraction of sp³-hybridized carbons (Fsp3) is 0.625. The molecule has 1 aromatic heterocycles. The van der Waals surface area contributed by atoms with E-state index in [2.05, 4.69) is 5.16 Å². The van der Waals surface area contributed by atoms with E-state index in [0.29, 0.717) is 50.9 Å². The number of aryl methyl sites for hydroxylation is 1. The Balaban J connectivity index is 1.56. The highest BCUT2D eigenvalue weighted by atomic mass is 16.6. The molecule has 0 N–H and O–H groups in total. The number of rotatable bonds is 3. The first-order valence-corrected chi connectivity index (χ1v) is 8.43. The van der Waals surface area contributed by atoms with Crippen molar-refractivity contribution in [1.82, 2.24) is 15.0 Å². The predicted molar refractivity (Wildman–Crippen MR) is 86.9 cm³/mol. The zero-order chi connectivity index (χ0) is 18.0. The van der Waals surface area contributed by atoms with Gasteiger partial charge in [-0.1, -0.05) is 5.16 Å². The van der Waals surface area contributed by atoms with Gasteiger partial charge in [0.2, 0.25) is 11.8 Å². The zero-order valence-electron chi connectivity index (χ0n) is 14.4. The summed E-state index contributed by atoms with van der Waals surface area (Å²) in [5.74, 6) is 0.493. The van der Waals surface area contributed by atoms with Crippen LogP contribution in [0.5, 0.6) is 0 Å². The topological polar surface area (TPSA) is 96.2 Å². The summed E-state index contributed by atoms with van der Waals surface area (Å²) in [4.78, 5) is 41.4. The van der Waals surface area contributed by atoms with E-state index in [9.17, 15) is 14.4 Å². The smallest absolute Gasteiger partial charge is 0.409 e. The maximum Gasteiger partial charge on any atom is 0.409 e. The molecule has 1 unspecified atom stereocenters. The van der Waals surface area contributed by atoms with Crippen LogP contribution >= 0.6 is 0 Å². The summed E-state index contributed by atoms with van der Waals surface area (Å²) in [5.41, 5.74) is 0. The fourth-order valence-corrected chi connectivity index (χ4v) is 3.16. The summed E-state index contributed by atoms with van der Waals surface area (Å²) in [6.07, 6.45) is -0.179. The number of nitrogens with zero attached hydrogens (tertiary/aromatic N) is 4. The van der Waals surface area contributed by atoms with Gasteiger partial charge in [0, 0.05) is 45.2 Å². The van der Waals surface area contributed by atoms with Gasteiger partial charge >= 0.3 is 6.09 Å². The number of carbonyl (C=O) groups is 3. The molecule has 136 valence electrons. The van der Waals surface area contributed by atoms with Crippen LogP contribution in [0.3, 0.4) is 0 Å². The van der Waals surface area contributed by atoms with Crippen LogP contribution in [0.4, 0.5) is 10.6 Å². The lowest BCUT2D eigenvalue weighted by Gasteiger charge is -2.35. The van der Waals surface area contributed by atoms with Crippen molar-refractivity contribution in [3.8, 4) is 0 Å². The van der Waals surface area contributed by atoms with E-state index < -0.39 is 5.92 Å². The molecule has 0 aliphatic carbocycles. The Labute approximate surface area is 145 Å². The number of anilines is 1. The van der Waals surface area contributed by atoms with Crippen molar-refractivity contribution in [3.63, 3.8) is 0 Å². The maximum atomic E-state index is 12.7. The number of piperazine rings is 1. The highest BCUT2D eigenvalue weighted by Gasteiger charge is 2.39. The molecule has 1 atom stereocenters. The second-order valence-electron chi connectivity index (χ2n) is 6.21. The van der Waals surface area contributed by atoms with Gasteiger partial charge in [0.05, 0.1) is 12.5 Å². The summed E-state index contributed by atoms with van der Waals surface area (Å²) in [6, 6.07) is 1.68. The van der Waals surface area contributed by atoms with Crippen molar-refractivity contribution in [2.75, 3.05) is 44.2 Å². The normalized spacial score (nSPS) is 21.0. The molecule has 2 fully saturated rings. The molecule has 2 saturated heterocycles. The Morgan fingerprint density at radius 2 is 1.96 bits per heavy atom. The monoisotopic (exact) mass is 350 g/mol. The van der Waals surface area contributed by atoms with Crippen LogP contribution in [0.25, 0.3) is 0 Å². The van der Waals surface area contributed by atoms with Gasteiger partial charge in [-0.05, 0) is 13.8 Å². The van der Waals surface area contributed by atoms with Gasteiger partial charge in [0.15, 0.2) is 5.82 Å². The van der Waals surface area contributed by atoms with Crippen LogP contribution in [-0.2, 0) is 14.3 Å². The molecule has 3 heterocycles. The summed E-state index contributed by atoms with van der Waals surface area (Å²) in [6.45, 7) is 5.94. The van der Waals surface area contributed by atoms with Gasteiger partial charge in [-0.15, -0.1) is 0 Å². The number of carbonyl (C=O) groups excluding carboxylic acids is 3. The molecular weight excluding hydrogens is 328 g/mol. The molecule has 0 aromatic carbocycles. The average molecular weight is 350 g/mol. The van der Waals surface area contributed by atoms with E-state index in [1.807, 2.05) is 0 Å². The second kappa shape index (κ2) is 7.12. The van der Waals surface area contributed by atoms with E-state index in [1.54, 1.807) is 29.7 Å². The lowest BCUT2D eigenvalue weighted by Crippen LogP contribution is -2.52. The number of aromatic nitrogens is 1. The van der Waals surface area contributed by atoms with E-state index in [0.717, 1.165) is 0 Å². The van der Waals surface area contributed by atoms with Crippen molar-refractivity contribution < 1.29 is 23.6 Å². The van der Waals surface area contributed by atoms with Gasteiger partial charge in [-0.25, -0.2) is 4.79 Å². The Kier molecular flexibility index (Phi) is 4.91. The van der Waals surface area contributed by atoms with Crippen LogP contribution in [-0.4, -0.2) is 72.2 Å². The standard InChI is InChI=1S/C16H22N4O5/c1-3-24-16(23)19-6-4-18(5-7-19)15(22)12-9-14(21)20(10-12)13-8-11(2)25-17-13/h8,12H,3-7,9-10H2,1-2H3. The molecule has 0 saturated carbocycles. The molecule has 9 nitrogen and oxygen atoms in total. The van der Waals surface area contributed by atoms with Crippen molar-refractivity contribution in [2.24, 2.45) is 5.92 Å². The third-order valence-electron chi connectivity index (χ3n) is 4.48. The third kappa shape index (κ3) is 3.59. The predicted octanol–water partition coefficient (Wildman–Crippen LogP) is 0.637. The number of amides is 3. The van der Waals surface area contributed by atoms with Gasteiger partial charge in [0.25, 0.3) is 0 Å². The number of hydrogen-bond donors (Lipinski definition) is 0. The summed E-state index contributed by atoms with van der Waals surface area (Å²) in [7, 11) is 0. The minimum absolute atomic E-state index is 0.0559. The Bertz CT molecular complexity index is 665. The van der Waals surface area contributed by atoms with E-state index in [1.165, 1.54) is 4.90 Å². The molecule has 2 aliphatic heterocycles. The molecule has 0 radical (unpaired) electrons. The Hall–Kier alpha value is -2.58. The molecule has 0 bridgehead atoms. The quantitative estimate of drug-likeness (QED) is 0.794. The molecule has 0 spiro atoms.